The largest absolute Gasteiger partial charge is 0.346 e. The minimum atomic E-state index is -3.51. The summed E-state index contributed by atoms with van der Waals surface area (Å²) in [5, 5.41) is 2.82. The normalized spacial score (nSPS) is 23.2. The smallest absolute Gasteiger partial charge is 0.264 e. The summed E-state index contributed by atoms with van der Waals surface area (Å²) in [7, 11) is -3.51. The third-order valence-corrected chi connectivity index (χ3v) is 4.44. The maximum atomic E-state index is 12.0. The summed E-state index contributed by atoms with van der Waals surface area (Å²) in [5.41, 5.74) is 0.553. The van der Waals surface area contributed by atoms with Crippen LogP contribution in [0.1, 0.15) is 10.4 Å². The number of amides is 1. The van der Waals surface area contributed by atoms with Crippen molar-refractivity contribution in [2.45, 2.75) is 12.1 Å². The number of hydrogen-bond acceptors (Lipinski definition) is 5. The molecule has 1 aliphatic rings. The summed E-state index contributed by atoms with van der Waals surface area (Å²) in [6.07, 6.45) is 0.527. The van der Waals surface area contributed by atoms with Gasteiger partial charge in [0.15, 0.2) is 0 Å². The van der Waals surface area contributed by atoms with Crippen LogP contribution in [0.3, 0.4) is 0 Å². The van der Waals surface area contributed by atoms with E-state index in [1.807, 2.05) is 6.07 Å². The van der Waals surface area contributed by atoms with Gasteiger partial charge in [0.05, 0.1) is 12.3 Å². The lowest BCUT2D eigenvalue weighted by molar-refractivity contribution is 0.0906. The molecule has 0 unspecified atom stereocenters. The molecular weight excluding hydrogens is 286 g/mol. The van der Waals surface area contributed by atoms with E-state index in [1.165, 1.54) is 0 Å². The molecule has 2 rings (SSSR count). The Labute approximate surface area is 116 Å². The van der Waals surface area contributed by atoms with E-state index in [-0.39, 0.29) is 11.9 Å². The van der Waals surface area contributed by atoms with Crippen LogP contribution in [0.2, 0.25) is 0 Å². The predicted octanol–water partition coefficient (Wildman–Crippen LogP) is 0.877. The number of nitrogens with one attached hydrogen (secondary N) is 1. The summed E-state index contributed by atoms with van der Waals surface area (Å²) < 4.78 is 27.3. The number of benzene rings is 1. The zero-order valence-electron chi connectivity index (χ0n) is 10.4. The summed E-state index contributed by atoms with van der Waals surface area (Å²) in [4.78, 5) is 12.0. The quantitative estimate of drug-likeness (QED) is 0.836. The summed E-state index contributed by atoms with van der Waals surface area (Å²) in [6.45, 7) is 0. The lowest BCUT2D eigenvalue weighted by Gasteiger charge is -2.19. The van der Waals surface area contributed by atoms with Gasteiger partial charge in [-0.05, 0) is 12.1 Å². The van der Waals surface area contributed by atoms with Crippen molar-refractivity contribution >= 4 is 27.8 Å². The minimum Gasteiger partial charge on any atom is -0.346 e. The Morgan fingerprint density at radius 2 is 2.00 bits per heavy atom. The monoisotopic (exact) mass is 301 g/mol. The zero-order chi connectivity index (χ0) is 13.9. The molecule has 1 aliphatic heterocycles. The molecule has 7 heteroatoms. The van der Waals surface area contributed by atoms with E-state index >= 15 is 0 Å². The molecule has 1 amide bonds. The van der Waals surface area contributed by atoms with Gasteiger partial charge < -0.3 is 5.32 Å². The molecule has 1 aromatic rings. The van der Waals surface area contributed by atoms with Gasteiger partial charge in [-0.15, -0.1) is 0 Å². The summed E-state index contributed by atoms with van der Waals surface area (Å²) in [6, 6.07) is 8.53. The van der Waals surface area contributed by atoms with E-state index in [2.05, 4.69) is 5.32 Å². The first-order valence-electron chi connectivity index (χ1n) is 5.77. The molecule has 104 valence electrons. The van der Waals surface area contributed by atoms with Gasteiger partial charge in [-0.25, -0.2) is 0 Å². The van der Waals surface area contributed by atoms with Gasteiger partial charge in [-0.2, -0.15) is 20.2 Å². The van der Waals surface area contributed by atoms with Crippen LogP contribution in [0.5, 0.6) is 0 Å². The minimum absolute atomic E-state index is 0.213. The number of carbonyl (C=O) groups excluding carboxylic acids is 1. The van der Waals surface area contributed by atoms with Gasteiger partial charge in [0.2, 0.25) is 0 Å². The van der Waals surface area contributed by atoms with Crippen molar-refractivity contribution in [1.29, 1.82) is 0 Å². The topological polar surface area (TPSA) is 72.5 Å². The van der Waals surface area contributed by atoms with E-state index in [9.17, 15) is 13.2 Å². The zero-order valence-corrected chi connectivity index (χ0v) is 12.0. The molecule has 2 atom stereocenters. The fourth-order valence-corrected chi connectivity index (χ4v) is 3.79. The van der Waals surface area contributed by atoms with Gasteiger partial charge in [0.1, 0.15) is 6.10 Å². The highest BCUT2D eigenvalue weighted by Gasteiger charge is 2.32. The Kier molecular flexibility index (Phi) is 4.49. The van der Waals surface area contributed by atoms with Crippen LogP contribution in [0.4, 0.5) is 0 Å². The molecule has 1 N–H and O–H groups in total. The van der Waals surface area contributed by atoms with Crippen LogP contribution in [0.25, 0.3) is 0 Å². The van der Waals surface area contributed by atoms with Gasteiger partial charge in [0.25, 0.3) is 16.0 Å². The van der Waals surface area contributed by atoms with Crippen LogP contribution in [-0.2, 0) is 14.3 Å². The highest BCUT2D eigenvalue weighted by molar-refractivity contribution is 7.99. The first-order chi connectivity index (χ1) is 8.96. The maximum Gasteiger partial charge on any atom is 0.264 e. The first-order valence-corrected chi connectivity index (χ1v) is 8.75. The van der Waals surface area contributed by atoms with Crippen LogP contribution in [0.15, 0.2) is 30.3 Å². The van der Waals surface area contributed by atoms with Crippen LogP contribution < -0.4 is 5.32 Å². The average Bonchev–Trinajstić information content (AvgIpc) is 2.75. The molecule has 1 saturated heterocycles. The Morgan fingerprint density at radius 1 is 1.32 bits per heavy atom. The third kappa shape index (κ3) is 4.22. The predicted molar refractivity (Wildman–Crippen MR) is 74.7 cm³/mol. The fourth-order valence-electron chi connectivity index (χ4n) is 1.83. The second-order valence-electron chi connectivity index (χ2n) is 4.32. The van der Waals surface area contributed by atoms with Crippen molar-refractivity contribution in [2.75, 3.05) is 17.8 Å². The van der Waals surface area contributed by atoms with Crippen molar-refractivity contribution in [3.05, 3.63) is 35.9 Å². The van der Waals surface area contributed by atoms with Crippen molar-refractivity contribution < 1.29 is 17.4 Å². The number of rotatable bonds is 4. The Morgan fingerprint density at radius 3 is 2.63 bits per heavy atom. The first kappa shape index (κ1) is 14.4. The molecule has 1 aromatic carbocycles. The highest BCUT2D eigenvalue weighted by atomic mass is 32.2. The van der Waals surface area contributed by atoms with E-state index in [0.29, 0.717) is 17.1 Å². The van der Waals surface area contributed by atoms with Crippen LogP contribution in [-0.4, -0.2) is 44.2 Å². The van der Waals surface area contributed by atoms with E-state index in [4.69, 9.17) is 4.18 Å². The average molecular weight is 301 g/mol. The highest BCUT2D eigenvalue weighted by Crippen LogP contribution is 2.22. The van der Waals surface area contributed by atoms with Gasteiger partial charge in [-0.1, -0.05) is 18.2 Å². The van der Waals surface area contributed by atoms with E-state index in [1.54, 1.807) is 36.0 Å². The standard InChI is InChI=1S/C12H15NO4S2/c1-19(15,16)17-11-8-18-7-10(11)13-12(14)9-5-3-2-4-6-9/h2-6,10-11H,7-8H2,1H3,(H,13,14)/t10-,11-/m0/s1. The molecule has 0 spiro atoms. The lowest BCUT2D eigenvalue weighted by atomic mass is 10.1. The molecule has 1 heterocycles. The molecule has 1 fully saturated rings. The van der Waals surface area contributed by atoms with Crippen molar-refractivity contribution in [3.8, 4) is 0 Å². The molecule has 5 nitrogen and oxygen atoms in total. The molecule has 0 aliphatic carbocycles. The number of hydrogen-bond donors (Lipinski definition) is 1. The molecule has 19 heavy (non-hydrogen) atoms. The SMILES string of the molecule is CS(=O)(=O)O[C@H]1CSC[C@@H]1NC(=O)c1ccccc1. The second kappa shape index (κ2) is 5.94. The van der Waals surface area contributed by atoms with E-state index in [0.717, 1.165) is 6.26 Å². The Bertz CT molecular complexity index is 544. The van der Waals surface area contributed by atoms with Gasteiger partial charge >= 0.3 is 0 Å². The Balaban J connectivity index is 2.00. The van der Waals surface area contributed by atoms with Crippen LogP contribution >= 0.6 is 11.8 Å². The van der Waals surface area contributed by atoms with Crippen molar-refractivity contribution in [2.24, 2.45) is 0 Å². The number of thioether (sulfide) groups is 1. The van der Waals surface area contributed by atoms with Gasteiger partial charge in [-0.3, -0.25) is 8.98 Å². The second-order valence-corrected chi connectivity index (χ2v) is 7.00. The van der Waals surface area contributed by atoms with E-state index < -0.39 is 16.2 Å². The van der Waals surface area contributed by atoms with Crippen molar-refractivity contribution in [1.82, 2.24) is 5.32 Å². The fraction of sp³-hybridized carbons (Fsp3) is 0.417. The molecular formula is C12H15NO4S2. The van der Waals surface area contributed by atoms with Crippen molar-refractivity contribution in [3.63, 3.8) is 0 Å². The molecule has 0 aromatic heterocycles. The Hall–Kier alpha value is -1.05. The lowest BCUT2D eigenvalue weighted by Crippen LogP contribution is -2.44. The van der Waals surface area contributed by atoms with Gasteiger partial charge in [0, 0.05) is 17.1 Å². The molecule has 0 bridgehead atoms. The molecule has 0 saturated carbocycles. The number of carbonyl (C=O) groups is 1. The third-order valence-electron chi connectivity index (χ3n) is 2.68. The van der Waals surface area contributed by atoms with Crippen LogP contribution in [0, 0.1) is 0 Å². The maximum absolute atomic E-state index is 12.0. The molecule has 0 radical (unpaired) electrons. The summed E-state index contributed by atoms with van der Waals surface area (Å²) >= 11 is 1.56. The summed E-state index contributed by atoms with van der Waals surface area (Å²) in [5.74, 6) is 1.00.